The average molecular weight is 141 g/mol. The molecular formula is C8H15NO. The van der Waals surface area contributed by atoms with Gasteiger partial charge in [-0.25, -0.2) is 0 Å². The fourth-order valence-electron chi connectivity index (χ4n) is 2.06. The van der Waals surface area contributed by atoms with Gasteiger partial charge in [0.1, 0.15) is 0 Å². The van der Waals surface area contributed by atoms with Gasteiger partial charge in [0.15, 0.2) is 0 Å². The molecule has 0 aliphatic carbocycles. The summed E-state index contributed by atoms with van der Waals surface area (Å²) < 4.78 is 5.49. The van der Waals surface area contributed by atoms with E-state index in [1.165, 1.54) is 13.0 Å². The minimum atomic E-state index is 0.562. The van der Waals surface area contributed by atoms with Crippen LogP contribution in [0.15, 0.2) is 0 Å². The lowest BCUT2D eigenvalue weighted by molar-refractivity contribution is 0.0179. The smallest absolute Gasteiger partial charge is 0.0718 e. The van der Waals surface area contributed by atoms with Crippen LogP contribution in [0.5, 0.6) is 0 Å². The van der Waals surface area contributed by atoms with Crippen LogP contribution in [0, 0.1) is 0 Å². The van der Waals surface area contributed by atoms with Gasteiger partial charge in [-0.1, -0.05) is 0 Å². The first-order chi connectivity index (χ1) is 4.77. The molecule has 2 atom stereocenters. The number of fused-ring (bicyclic) bond motifs is 2. The highest BCUT2D eigenvalue weighted by atomic mass is 16.5. The molecular weight excluding hydrogens is 126 g/mol. The Morgan fingerprint density at radius 3 is 2.60 bits per heavy atom. The molecule has 0 saturated carbocycles. The van der Waals surface area contributed by atoms with Gasteiger partial charge in [-0.05, 0) is 20.3 Å². The topological polar surface area (TPSA) is 12.5 Å². The van der Waals surface area contributed by atoms with E-state index in [1.54, 1.807) is 0 Å². The van der Waals surface area contributed by atoms with Crippen molar-refractivity contribution in [2.24, 2.45) is 0 Å². The summed E-state index contributed by atoms with van der Waals surface area (Å²) in [6.07, 6.45) is 1.84. The maximum atomic E-state index is 5.49. The Balaban J connectivity index is 2.02. The van der Waals surface area contributed by atoms with Crippen molar-refractivity contribution in [2.75, 3.05) is 13.2 Å². The molecule has 2 fully saturated rings. The van der Waals surface area contributed by atoms with Crippen molar-refractivity contribution in [3.63, 3.8) is 0 Å². The van der Waals surface area contributed by atoms with E-state index in [-0.39, 0.29) is 0 Å². The quantitative estimate of drug-likeness (QED) is 0.537. The summed E-state index contributed by atoms with van der Waals surface area (Å²) in [5, 5.41) is 0. The minimum Gasteiger partial charge on any atom is -0.375 e. The van der Waals surface area contributed by atoms with Gasteiger partial charge in [-0.2, -0.15) is 0 Å². The Morgan fingerprint density at radius 2 is 2.30 bits per heavy atom. The van der Waals surface area contributed by atoms with Gasteiger partial charge in [-0.15, -0.1) is 0 Å². The van der Waals surface area contributed by atoms with E-state index in [4.69, 9.17) is 4.74 Å². The van der Waals surface area contributed by atoms with Crippen molar-refractivity contribution >= 4 is 0 Å². The standard InChI is InChI=1S/C8H15NO/c1-6(2)9-4-8-3-7(9)5-10-8/h6-8H,3-5H2,1-2H3/t7-,8?/m0/s1. The summed E-state index contributed by atoms with van der Waals surface area (Å²) in [5.74, 6) is 0. The van der Waals surface area contributed by atoms with E-state index < -0.39 is 0 Å². The summed E-state index contributed by atoms with van der Waals surface area (Å²) >= 11 is 0. The zero-order valence-corrected chi connectivity index (χ0v) is 6.71. The molecule has 0 N–H and O–H groups in total. The van der Waals surface area contributed by atoms with Crippen molar-refractivity contribution < 1.29 is 4.74 Å². The van der Waals surface area contributed by atoms with Crippen LogP contribution in [0.25, 0.3) is 0 Å². The van der Waals surface area contributed by atoms with Crippen LogP contribution in [0.3, 0.4) is 0 Å². The first-order valence-electron chi connectivity index (χ1n) is 4.14. The van der Waals surface area contributed by atoms with Crippen molar-refractivity contribution in [1.82, 2.24) is 4.90 Å². The van der Waals surface area contributed by atoms with Gasteiger partial charge < -0.3 is 4.74 Å². The van der Waals surface area contributed by atoms with Crippen molar-refractivity contribution in [3.8, 4) is 0 Å². The van der Waals surface area contributed by atoms with E-state index in [0.29, 0.717) is 12.1 Å². The number of ether oxygens (including phenoxy) is 1. The molecule has 0 aromatic rings. The molecule has 0 aromatic carbocycles. The van der Waals surface area contributed by atoms with Gasteiger partial charge >= 0.3 is 0 Å². The predicted molar refractivity (Wildman–Crippen MR) is 40.0 cm³/mol. The van der Waals surface area contributed by atoms with Crippen LogP contribution in [-0.2, 0) is 4.74 Å². The van der Waals surface area contributed by atoms with Gasteiger partial charge in [0.25, 0.3) is 0 Å². The summed E-state index contributed by atoms with van der Waals surface area (Å²) in [5.41, 5.74) is 0. The Labute approximate surface area is 62.2 Å². The van der Waals surface area contributed by atoms with Gasteiger partial charge in [0.2, 0.25) is 0 Å². The Morgan fingerprint density at radius 1 is 1.50 bits per heavy atom. The molecule has 58 valence electrons. The maximum Gasteiger partial charge on any atom is 0.0718 e. The van der Waals surface area contributed by atoms with Crippen LogP contribution in [0.1, 0.15) is 20.3 Å². The highest BCUT2D eigenvalue weighted by Gasteiger charge is 2.39. The largest absolute Gasteiger partial charge is 0.375 e. The molecule has 2 bridgehead atoms. The molecule has 2 heteroatoms. The summed E-state index contributed by atoms with van der Waals surface area (Å²) in [6.45, 7) is 6.67. The second-order valence-electron chi connectivity index (χ2n) is 3.64. The molecule has 0 aromatic heterocycles. The number of hydrogen-bond acceptors (Lipinski definition) is 2. The molecule has 0 amide bonds. The molecule has 2 rings (SSSR count). The van der Waals surface area contributed by atoms with Crippen molar-refractivity contribution in [1.29, 1.82) is 0 Å². The Kier molecular flexibility index (Phi) is 1.46. The molecule has 2 aliphatic rings. The lowest BCUT2D eigenvalue weighted by Crippen LogP contribution is -2.41. The van der Waals surface area contributed by atoms with Crippen LogP contribution in [-0.4, -0.2) is 36.2 Å². The van der Waals surface area contributed by atoms with Crippen molar-refractivity contribution in [3.05, 3.63) is 0 Å². The molecule has 2 saturated heterocycles. The lowest BCUT2D eigenvalue weighted by Gasteiger charge is -2.30. The lowest BCUT2D eigenvalue weighted by atomic mass is 10.2. The van der Waals surface area contributed by atoms with Crippen LogP contribution < -0.4 is 0 Å². The summed E-state index contributed by atoms with van der Waals surface area (Å²) in [7, 11) is 0. The number of nitrogens with zero attached hydrogens (tertiary/aromatic N) is 1. The third-order valence-corrected chi connectivity index (χ3v) is 2.61. The second kappa shape index (κ2) is 2.21. The van der Waals surface area contributed by atoms with Crippen LogP contribution in [0.4, 0.5) is 0 Å². The predicted octanol–water partition coefficient (Wildman–Crippen LogP) is 0.868. The molecule has 2 heterocycles. The van der Waals surface area contributed by atoms with Crippen molar-refractivity contribution in [2.45, 2.75) is 38.5 Å². The first kappa shape index (κ1) is 6.62. The maximum absolute atomic E-state index is 5.49. The van der Waals surface area contributed by atoms with Gasteiger partial charge in [0.05, 0.1) is 12.7 Å². The molecule has 2 nitrogen and oxygen atoms in total. The second-order valence-corrected chi connectivity index (χ2v) is 3.64. The third kappa shape index (κ3) is 0.867. The summed E-state index contributed by atoms with van der Waals surface area (Å²) in [6, 6.07) is 1.45. The molecule has 1 unspecified atom stereocenters. The van der Waals surface area contributed by atoms with E-state index in [1.807, 2.05) is 0 Å². The number of morpholine rings is 1. The molecule has 2 aliphatic heterocycles. The van der Waals surface area contributed by atoms with E-state index in [2.05, 4.69) is 18.7 Å². The number of likely N-dealkylation sites (tertiary alicyclic amines) is 1. The Hall–Kier alpha value is -0.0800. The average Bonchev–Trinajstić information content (AvgIpc) is 2.44. The highest BCUT2D eigenvalue weighted by Crippen LogP contribution is 2.28. The van der Waals surface area contributed by atoms with Crippen LogP contribution >= 0.6 is 0 Å². The molecule has 10 heavy (non-hydrogen) atoms. The number of hydrogen-bond donors (Lipinski definition) is 0. The third-order valence-electron chi connectivity index (χ3n) is 2.61. The van der Waals surface area contributed by atoms with Gasteiger partial charge in [0, 0.05) is 18.6 Å². The van der Waals surface area contributed by atoms with E-state index >= 15 is 0 Å². The molecule has 0 spiro atoms. The van der Waals surface area contributed by atoms with Gasteiger partial charge in [-0.3, -0.25) is 4.90 Å². The monoisotopic (exact) mass is 141 g/mol. The SMILES string of the molecule is CC(C)N1CC2C[C@H]1CO2. The molecule has 0 radical (unpaired) electrons. The fourth-order valence-corrected chi connectivity index (χ4v) is 2.06. The first-order valence-corrected chi connectivity index (χ1v) is 4.14. The van der Waals surface area contributed by atoms with E-state index in [9.17, 15) is 0 Å². The minimum absolute atomic E-state index is 0.562. The zero-order chi connectivity index (χ0) is 7.14. The normalized spacial score (nSPS) is 39.9. The van der Waals surface area contributed by atoms with E-state index in [0.717, 1.165) is 12.6 Å². The zero-order valence-electron chi connectivity index (χ0n) is 6.71. The Bertz CT molecular complexity index is 135. The highest BCUT2D eigenvalue weighted by molar-refractivity contribution is 4.92. The van der Waals surface area contributed by atoms with Crippen LogP contribution in [0.2, 0.25) is 0 Å². The summed E-state index contributed by atoms with van der Waals surface area (Å²) in [4.78, 5) is 2.55. The number of rotatable bonds is 1. The fraction of sp³-hybridized carbons (Fsp3) is 1.00.